The molecular formula is C18H30O6. The topological polar surface area (TPSA) is 78.9 Å². The van der Waals surface area contributed by atoms with Gasteiger partial charge in [-0.15, -0.1) is 0 Å². The lowest BCUT2D eigenvalue weighted by molar-refractivity contribution is -0.173. The summed E-state index contributed by atoms with van der Waals surface area (Å²) >= 11 is 0. The maximum absolute atomic E-state index is 12.4. The van der Waals surface area contributed by atoms with Crippen molar-refractivity contribution in [2.45, 2.75) is 60.7 Å². The molecule has 1 heterocycles. The SMILES string of the molecule is C.C.CCC(C)(C)C(=O)OC1C2CC3C1OC(=O)C3C2C(=O)OC. The summed E-state index contributed by atoms with van der Waals surface area (Å²) in [6.45, 7) is 5.57. The van der Waals surface area contributed by atoms with Crippen molar-refractivity contribution in [1.29, 1.82) is 0 Å². The summed E-state index contributed by atoms with van der Waals surface area (Å²) in [6, 6.07) is 0. The van der Waals surface area contributed by atoms with Crippen molar-refractivity contribution in [2.24, 2.45) is 29.1 Å². The fourth-order valence-corrected chi connectivity index (χ4v) is 4.03. The van der Waals surface area contributed by atoms with E-state index < -0.39 is 35.4 Å². The molecule has 3 fully saturated rings. The van der Waals surface area contributed by atoms with Gasteiger partial charge in [-0.3, -0.25) is 14.4 Å². The molecule has 2 saturated carbocycles. The van der Waals surface area contributed by atoms with Crippen LogP contribution in [0.25, 0.3) is 0 Å². The van der Waals surface area contributed by atoms with Gasteiger partial charge in [0.1, 0.15) is 12.2 Å². The van der Waals surface area contributed by atoms with Crippen molar-refractivity contribution in [2.75, 3.05) is 7.11 Å². The van der Waals surface area contributed by atoms with E-state index in [0.29, 0.717) is 12.8 Å². The average Bonchev–Trinajstić information content (AvgIpc) is 3.09. The Labute approximate surface area is 144 Å². The fourth-order valence-electron chi connectivity index (χ4n) is 4.03. The normalized spacial score (nSPS) is 35.6. The molecule has 3 aliphatic rings. The van der Waals surface area contributed by atoms with Gasteiger partial charge in [0.2, 0.25) is 0 Å². The third-order valence-corrected chi connectivity index (χ3v) is 5.70. The molecule has 24 heavy (non-hydrogen) atoms. The van der Waals surface area contributed by atoms with Crippen LogP contribution >= 0.6 is 0 Å². The molecule has 6 heteroatoms. The molecule has 0 aromatic rings. The zero-order chi connectivity index (χ0) is 16.2. The van der Waals surface area contributed by atoms with Gasteiger partial charge in [-0.1, -0.05) is 21.8 Å². The third-order valence-electron chi connectivity index (χ3n) is 5.70. The highest BCUT2D eigenvalue weighted by Crippen LogP contribution is 2.59. The van der Waals surface area contributed by atoms with E-state index in [9.17, 15) is 14.4 Å². The van der Waals surface area contributed by atoms with Gasteiger partial charge in [-0.25, -0.2) is 0 Å². The van der Waals surface area contributed by atoms with E-state index in [1.807, 2.05) is 20.8 Å². The molecule has 138 valence electrons. The highest BCUT2D eigenvalue weighted by Gasteiger charge is 2.70. The standard InChI is InChI=1S/C16H22O6.2CH4/c1-5-16(2,3)15(19)22-12-7-6-8-10(9(7)13(17)20-4)14(18)21-11(8)12;;/h7-12H,5-6H2,1-4H3;2*1H4. The summed E-state index contributed by atoms with van der Waals surface area (Å²) in [7, 11) is 1.31. The van der Waals surface area contributed by atoms with Crippen molar-refractivity contribution in [1.82, 2.24) is 0 Å². The number of fused-ring (bicyclic) bond motifs is 1. The number of ether oxygens (including phenoxy) is 3. The maximum Gasteiger partial charge on any atom is 0.311 e. The van der Waals surface area contributed by atoms with E-state index >= 15 is 0 Å². The summed E-state index contributed by atoms with van der Waals surface area (Å²) < 4.78 is 15.9. The van der Waals surface area contributed by atoms with Crippen LogP contribution in [0.15, 0.2) is 0 Å². The first-order valence-corrected chi connectivity index (χ1v) is 7.81. The van der Waals surface area contributed by atoms with E-state index in [0.717, 1.165) is 0 Å². The smallest absolute Gasteiger partial charge is 0.311 e. The van der Waals surface area contributed by atoms with Crippen LogP contribution in [0.2, 0.25) is 0 Å². The lowest BCUT2D eigenvalue weighted by Crippen LogP contribution is -2.45. The van der Waals surface area contributed by atoms with E-state index in [1.54, 1.807) is 0 Å². The van der Waals surface area contributed by atoms with Crippen molar-refractivity contribution >= 4 is 17.9 Å². The summed E-state index contributed by atoms with van der Waals surface area (Å²) in [6.07, 6.45) is 0.390. The summed E-state index contributed by atoms with van der Waals surface area (Å²) in [5, 5.41) is 0. The first-order chi connectivity index (χ1) is 10.3. The quantitative estimate of drug-likeness (QED) is 0.577. The molecule has 1 aliphatic heterocycles. The highest BCUT2D eigenvalue weighted by molar-refractivity contribution is 5.86. The van der Waals surface area contributed by atoms with Gasteiger partial charge in [-0.2, -0.15) is 0 Å². The second-order valence-corrected chi connectivity index (χ2v) is 7.15. The van der Waals surface area contributed by atoms with Crippen LogP contribution in [0.3, 0.4) is 0 Å². The number of methoxy groups -OCH3 is 1. The summed E-state index contributed by atoms with van der Waals surface area (Å²) in [5.41, 5.74) is -0.593. The zero-order valence-electron chi connectivity index (χ0n) is 13.3. The Balaban J connectivity index is 0.00000144. The minimum Gasteiger partial charge on any atom is -0.469 e. The van der Waals surface area contributed by atoms with E-state index in [-0.39, 0.29) is 38.6 Å². The molecule has 0 aromatic carbocycles. The zero-order valence-corrected chi connectivity index (χ0v) is 13.3. The lowest BCUT2D eigenvalue weighted by atomic mass is 9.78. The molecule has 0 radical (unpaired) electrons. The molecule has 0 amide bonds. The number of hydrogen-bond acceptors (Lipinski definition) is 6. The number of hydrogen-bond donors (Lipinski definition) is 0. The van der Waals surface area contributed by atoms with E-state index in [2.05, 4.69) is 0 Å². The van der Waals surface area contributed by atoms with E-state index in [1.165, 1.54) is 7.11 Å². The second-order valence-electron chi connectivity index (χ2n) is 7.15. The van der Waals surface area contributed by atoms with Crippen LogP contribution in [-0.2, 0) is 28.6 Å². The van der Waals surface area contributed by atoms with Gasteiger partial charge >= 0.3 is 17.9 Å². The molecule has 2 bridgehead atoms. The van der Waals surface area contributed by atoms with Crippen LogP contribution in [0.1, 0.15) is 48.5 Å². The van der Waals surface area contributed by atoms with Crippen LogP contribution in [0, 0.1) is 29.1 Å². The van der Waals surface area contributed by atoms with Crippen molar-refractivity contribution < 1.29 is 28.6 Å². The molecule has 0 aromatic heterocycles. The number of carbonyl (C=O) groups is 3. The Kier molecular flexibility index (Phi) is 5.73. The highest BCUT2D eigenvalue weighted by atomic mass is 16.6. The van der Waals surface area contributed by atoms with Crippen LogP contribution in [0.5, 0.6) is 0 Å². The molecule has 6 nitrogen and oxygen atoms in total. The third kappa shape index (κ3) is 2.70. The Hall–Kier alpha value is -1.59. The van der Waals surface area contributed by atoms with Gasteiger partial charge in [0.05, 0.1) is 24.4 Å². The first-order valence-electron chi connectivity index (χ1n) is 7.81. The molecule has 3 rings (SSSR count). The minimum absolute atomic E-state index is 0. The van der Waals surface area contributed by atoms with Crippen molar-refractivity contribution in [3.63, 3.8) is 0 Å². The summed E-state index contributed by atoms with van der Waals surface area (Å²) in [5.74, 6) is -2.29. The van der Waals surface area contributed by atoms with Gasteiger partial charge in [0, 0.05) is 11.8 Å². The van der Waals surface area contributed by atoms with Crippen molar-refractivity contribution in [3.8, 4) is 0 Å². The lowest BCUT2D eigenvalue weighted by Gasteiger charge is -2.32. The van der Waals surface area contributed by atoms with Crippen LogP contribution in [0.4, 0.5) is 0 Å². The monoisotopic (exact) mass is 342 g/mol. The number of esters is 3. The number of rotatable bonds is 4. The maximum atomic E-state index is 12.4. The predicted molar refractivity (Wildman–Crippen MR) is 87.9 cm³/mol. The molecule has 6 atom stereocenters. The molecule has 2 aliphatic carbocycles. The molecular weight excluding hydrogens is 312 g/mol. The first kappa shape index (κ1) is 20.5. The van der Waals surface area contributed by atoms with Gasteiger partial charge < -0.3 is 14.2 Å². The number of carbonyl (C=O) groups excluding carboxylic acids is 3. The van der Waals surface area contributed by atoms with Gasteiger partial charge in [0.15, 0.2) is 0 Å². The predicted octanol–water partition coefficient (Wildman–Crippen LogP) is 2.59. The molecule has 1 saturated heterocycles. The fraction of sp³-hybridized carbons (Fsp3) is 0.833. The average molecular weight is 342 g/mol. The molecule has 0 N–H and O–H groups in total. The van der Waals surface area contributed by atoms with Crippen LogP contribution in [-0.4, -0.2) is 37.2 Å². The van der Waals surface area contributed by atoms with Gasteiger partial charge in [0.25, 0.3) is 0 Å². The largest absolute Gasteiger partial charge is 0.469 e. The Morgan fingerprint density at radius 1 is 1.25 bits per heavy atom. The Bertz CT molecular complexity index is 526. The Morgan fingerprint density at radius 3 is 2.42 bits per heavy atom. The Morgan fingerprint density at radius 2 is 1.88 bits per heavy atom. The second kappa shape index (κ2) is 6.73. The molecule has 6 unspecified atom stereocenters. The van der Waals surface area contributed by atoms with Crippen molar-refractivity contribution in [3.05, 3.63) is 0 Å². The van der Waals surface area contributed by atoms with Crippen LogP contribution < -0.4 is 0 Å². The molecule has 0 spiro atoms. The van der Waals surface area contributed by atoms with E-state index in [4.69, 9.17) is 14.2 Å². The minimum atomic E-state index is -0.593. The summed E-state index contributed by atoms with van der Waals surface area (Å²) in [4.78, 5) is 36.4. The van der Waals surface area contributed by atoms with Gasteiger partial charge in [-0.05, 0) is 26.7 Å².